The second kappa shape index (κ2) is 11.2. The fraction of sp³-hybridized carbons (Fsp3) is 0.444. The molecule has 1 atom stereocenters. The number of nitrogens with zero attached hydrogens (tertiary/aromatic N) is 1. The van der Waals surface area contributed by atoms with Gasteiger partial charge in [0, 0.05) is 32.1 Å². The SMILES string of the molecule is CCNC(=O)c1cc2c(c(Cl)c1C(=O)NCC)CCN(C(=O)OC(C)(C)C)CC2c1ccc(O)cc1. The summed E-state index contributed by atoms with van der Waals surface area (Å²) in [5.74, 6) is -1.09. The molecule has 0 fully saturated rings. The number of rotatable bonds is 5. The third-order valence-corrected chi connectivity index (χ3v) is 6.32. The molecule has 3 N–H and O–H groups in total. The second-order valence-corrected chi connectivity index (χ2v) is 10.1. The first-order valence-electron chi connectivity index (χ1n) is 12.1. The van der Waals surface area contributed by atoms with Gasteiger partial charge in [0.2, 0.25) is 0 Å². The molecular weight excluding hydrogens is 482 g/mol. The number of phenolic OH excluding ortho intramolecular Hbond substituents is 1. The van der Waals surface area contributed by atoms with Crippen LogP contribution in [0.1, 0.15) is 77.9 Å². The minimum atomic E-state index is -0.668. The first kappa shape index (κ1) is 27.3. The molecule has 9 heteroatoms. The van der Waals surface area contributed by atoms with Crippen molar-refractivity contribution in [1.82, 2.24) is 15.5 Å². The molecule has 2 aromatic rings. The fourth-order valence-corrected chi connectivity index (χ4v) is 4.71. The number of aromatic hydroxyl groups is 1. The molecule has 0 spiro atoms. The van der Waals surface area contributed by atoms with Crippen molar-refractivity contribution >= 4 is 29.5 Å². The highest BCUT2D eigenvalue weighted by atomic mass is 35.5. The van der Waals surface area contributed by atoms with Crippen molar-refractivity contribution in [3.05, 3.63) is 63.2 Å². The number of fused-ring (bicyclic) bond motifs is 1. The molecule has 2 aromatic carbocycles. The van der Waals surface area contributed by atoms with E-state index < -0.39 is 23.5 Å². The average Bonchev–Trinajstić information content (AvgIpc) is 2.99. The maximum Gasteiger partial charge on any atom is 0.410 e. The lowest BCUT2D eigenvalue weighted by atomic mass is 9.85. The molecule has 0 bridgehead atoms. The predicted octanol–water partition coefficient (Wildman–Crippen LogP) is 4.47. The minimum absolute atomic E-state index is 0.115. The first-order chi connectivity index (χ1) is 17.0. The van der Waals surface area contributed by atoms with Gasteiger partial charge in [-0.2, -0.15) is 0 Å². The molecule has 3 amide bonds. The van der Waals surface area contributed by atoms with Gasteiger partial charge in [-0.1, -0.05) is 23.7 Å². The van der Waals surface area contributed by atoms with Gasteiger partial charge in [0.1, 0.15) is 11.4 Å². The molecule has 1 aliphatic heterocycles. The number of nitrogens with one attached hydrogen (secondary N) is 2. The number of amides is 3. The van der Waals surface area contributed by atoms with Gasteiger partial charge >= 0.3 is 6.09 Å². The van der Waals surface area contributed by atoms with Gasteiger partial charge in [-0.25, -0.2) is 4.79 Å². The molecule has 0 saturated heterocycles. The van der Waals surface area contributed by atoms with E-state index in [9.17, 15) is 19.5 Å². The van der Waals surface area contributed by atoms with Crippen LogP contribution in [0.15, 0.2) is 30.3 Å². The molecular formula is C27H34ClN3O5. The summed E-state index contributed by atoms with van der Waals surface area (Å²) in [7, 11) is 0. The van der Waals surface area contributed by atoms with Gasteiger partial charge in [0.25, 0.3) is 11.8 Å². The molecule has 8 nitrogen and oxygen atoms in total. The Morgan fingerprint density at radius 3 is 2.28 bits per heavy atom. The van der Waals surface area contributed by atoms with Crippen molar-refractivity contribution in [2.24, 2.45) is 0 Å². The molecule has 1 heterocycles. The smallest absolute Gasteiger partial charge is 0.410 e. The van der Waals surface area contributed by atoms with Crippen LogP contribution >= 0.6 is 11.6 Å². The summed E-state index contributed by atoms with van der Waals surface area (Å²) in [6.07, 6.45) is -0.0764. The van der Waals surface area contributed by atoms with Gasteiger partial charge in [-0.05, 0) is 75.9 Å². The van der Waals surface area contributed by atoms with E-state index in [4.69, 9.17) is 16.3 Å². The summed E-state index contributed by atoms with van der Waals surface area (Å²) in [4.78, 5) is 40.7. The number of hydrogen-bond donors (Lipinski definition) is 3. The molecule has 0 saturated carbocycles. The van der Waals surface area contributed by atoms with Crippen LogP contribution in [-0.2, 0) is 11.2 Å². The topological polar surface area (TPSA) is 108 Å². The molecule has 194 valence electrons. The zero-order valence-corrected chi connectivity index (χ0v) is 22.2. The van der Waals surface area contributed by atoms with Crippen LogP contribution < -0.4 is 10.6 Å². The lowest BCUT2D eigenvalue weighted by molar-refractivity contribution is 0.0251. The molecule has 1 unspecified atom stereocenters. The van der Waals surface area contributed by atoms with Crippen molar-refractivity contribution in [3.8, 4) is 5.75 Å². The van der Waals surface area contributed by atoms with Crippen molar-refractivity contribution in [3.63, 3.8) is 0 Å². The third kappa shape index (κ3) is 6.10. The van der Waals surface area contributed by atoms with Gasteiger partial charge in [-0.15, -0.1) is 0 Å². The standard InChI is InChI=1S/C27H34ClN3O5/c1-6-29-24(33)20-14-19-18(23(28)22(20)25(34)30-7-2)12-13-31(26(35)36-27(3,4)5)15-21(19)16-8-10-17(32)11-9-16/h8-11,14,21,32H,6-7,12-13,15H2,1-5H3,(H,29,33)(H,30,34). The Hall–Kier alpha value is -3.26. The summed E-state index contributed by atoms with van der Waals surface area (Å²) in [6.45, 7) is 10.4. The lowest BCUT2D eigenvalue weighted by Gasteiger charge is -2.29. The maximum absolute atomic E-state index is 13.1. The highest BCUT2D eigenvalue weighted by Crippen LogP contribution is 2.39. The zero-order chi connectivity index (χ0) is 26.6. The molecule has 0 aromatic heterocycles. The Bertz CT molecular complexity index is 1140. The third-order valence-electron chi connectivity index (χ3n) is 5.91. The maximum atomic E-state index is 13.1. The van der Waals surface area contributed by atoms with Gasteiger partial charge in [-0.3, -0.25) is 9.59 Å². The number of halogens is 1. The Morgan fingerprint density at radius 1 is 1.08 bits per heavy atom. The van der Waals surface area contributed by atoms with E-state index in [1.54, 1.807) is 49.1 Å². The molecule has 1 aliphatic rings. The number of ether oxygens (including phenoxy) is 1. The molecule has 0 radical (unpaired) electrons. The van der Waals surface area contributed by atoms with Gasteiger partial charge in [0.05, 0.1) is 16.1 Å². The quantitative estimate of drug-likeness (QED) is 0.544. The minimum Gasteiger partial charge on any atom is -0.508 e. The van der Waals surface area contributed by atoms with Crippen molar-refractivity contribution in [2.45, 2.75) is 52.6 Å². The van der Waals surface area contributed by atoms with Crippen molar-refractivity contribution in [1.29, 1.82) is 0 Å². The highest BCUT2D eigenvalue weighted by Gasteiger charge is 2.34. The molecule has 3 rings (SSSR count). The fourth-order valence-electron chi connectivity index (χ4n) is 4.32. The van der Waals surface area contributed by atoms with Crippen LogP contribution in [0.2, 0.25) is 5.02 Å². The first-order valence-corrected chi connectivity index (χ1v) is 12.5. The van der Waals surface area contributed by atoms with Crippen LogP contribution in [0.25, 0.3) is 0 Å². The van der Waals surface area contributed by atoms with E-state index in [-0.39, 0.29) is 34.4 Å². The second-order valence-electron chi connectivity index (χ2n) is 9.72. The van der Waals surface area contributed by atoms with E-state index >= 15 is 0 Å². The van der Waals surface area contributed by atoms with Gasteiger partial charge < -0.3 is 25.4 Å². The molecule has 36 heavy (non-hydrogen) atoms. The van der Waals surface area contributed by atoms with Crippen molar-refractivity contribution in [2.75, 3.05) is 26.2 Å². The Morgan fingerprint density at radius 2 is 1.69 bits per heavy atom. The van der Waals surface area contributed by atoms with Crippen LogP contribution in [0, 0.1) is 0 Å². The Labute approximate surface area is 217 Å². The lowest BCUT2D eigenvalue weighted by Crippen LogP contribution is -2.39. The van der Waals surface area contributed by atoms with E-state index in [1.807, 2.05) is 20.8 Å². The van der Waals surface area contributed by atoms with Crippen LogP contribution in [0.3, 0.4) is 0 Å². The van der Waals surface area contributed by atoms with E-state index in [0.29, 0.717) is 31.6 Å². The van der Waals surface area contributed by atoms with E-state index in [0.717, 1.165) is 11.1 Å². The number of carbonyl (C=O) groups is 3. The number of phenols is 1. The Kier molecular flexibility index (Phi) is 8.51. The largest absolute Gasteiger partial charge is 0.508 e. The monoisotopic (exact) mass is 515 g/mol. The molecule has 0 aliphatic carbocycles. The number of carbonyl (C=O) groups excluding carboxylic acids is 3. The summed E-state index contributed by atoms with van der Waals surface area (Å²) in [6, 6.07) is 8.42. The average molecular weight is 516 g/mol. The zero-order valence-electron chi connectivity index (χ0n) is 21.4. The van der Waals surface area contributed by atoms with E-state index in [2.05, 4.69) is 10.6 Å². The highest BCUT2D eigenvalue weighted by molar-refractivity contribution is 6.35. The summed E-state index contributed by atoms with van der Waals surface area (Å²) < 4.78 is 5.64. The normalized spacial score (nSPS) is 15.5. The summed E-state index contributed by atoms with van der Waals surface area (Å²) in [5.41, 5.74) is 1.92. The summed E-state index contributed by atoms with van der Waals surface area (Å²) in [5, 5.41) is 15.6. The van der Waals surface area contributed by atoms with Crippen molar-refractivity contribution < 1.29 is 24.2 Å². The number of benzene rings is 2. The van der Waals surface area contributed by atoms with E-state index in [1.165, 1.54) is 0 Å². The van der Waals surface area contributed by atoms with Crippen LogP contribution in [0.4, 0.5) is 4.79 Å². The predicted molar refractivity (Wildman–Crippen MR) is 139 cm³/mol. The van der Waals surface area contributed by atoms with Crippen LogP contribution in [0.5, 0.6) is 5.75 Å². The number of hydrogen-bond acceptors (Lipinski definition) is 5. The van der Waals surface area contributed by atoms with Crippen LogP contribution in [-0.4, -0.2) is 59.7 Å². The van der Waals surface area contributed by atoms with Gasteiger partial charge in [0.15, 0.2) is 0 Å². The summed E-state index contributed by atoms with van der Waals surface area (Å²) >= 11 is 6.88. The Balaban J connectivity index is 2.21.